The number of anilines is 1. The smallest absolute Gasteiger partial charge is 0.229 e. The summed E-state index contributed by atoms with van der Waals surface area (Å²) in [6, 6.07) is 2.40. The quantitative estimate of drug-likeness (QED) is 0.863. The van der Waals surface area contributed by atoms with Crippen molar-refractivity contribution in [3.8, 4) is 6.07 Å². The van der Waals surface area contributed by atoms with Crippen molar-refractivity contribution in [1.82, 2.24) is 14.9 Å². The van der Waals surface area contributed by atoms with Crippen molar-refractivity contribution in [2.24, 2.45) is 5.41 Å². The number of aromatic nitrogens is 2. The van der Waals surface area contributed by atoms with Crippen LogP contribution in [0.5, 0.6) is 0 Å². The molecule has 1 aromatic heterocycles. The number of carbonyl (C=O) groups excluding carboxylic acids is 1. The zero-order chi connectivity index (χ0) is 18.1. The van der Waals surface area contributed by atoms with Crippen LogP contribution in [0.15, 0.2) is 12.4 Å². The van der Waals surface area contributed by atoms with Gasteiger partial charge in [-0.05, 0) is 44.9 Å². The molecule has 1 N–H and O–H groups in total. The summed E-state index contributed by atoms with van der Waals surface area (Å²) in [6.07, 6.45) is 8.93. The average molecular weight is 355 g/mol. The van der Waals surface area contributed by atoms with Gasteiger partial charge >= 0.3 is 0 Å². The number of carbonyl (C=O) groups is 1. The third kappa shape index (κ3) is 2.92. The number of nitriles is 1. The topological polar surface area (TPSA) is 93.3 Å². The van der Waals surface area contributed by atoms with Gasteiger partial charge in [0.1, 0.15) is 6.07 Å². The Morgan fingerprint density at radius 2 is 1.73 bits per heavy atom. The van der Waals surface area contributed by atoms with Gasteiger partial charge in [0.25, 0.3) is 0 Å². The summed E-state index contributed by atoms with van der Waals surface area (Å²) in [4.78, 5) is 25.8. The van der Waals surface area contributed by atoms with Gasteiger partial charge in [-0.1, -0.05) is 0 Å². The third-order valence-corrected chi connectivity index (χ3v) is 6.46. The molecule has 3 heterocycles. The Bertz CT molecular complexity index is 715. The van der Waals surface area contributed by atoms with Gasteiger partial charge in [0.15, 0.2) is 11.5 Å². The van der Waals surface area contributed by atoms with Crippen molar-refractivity contribution in [3.05, 3.63) is 18.1 Å². The molecule has 3 aliphatic rings. The Kier molecular flexibility index (Phi) is 4.53. The first-order valence-corrected chi connectivity index (χ1v) is 9.58. The number of rotatable bonds is 2. The largest absolute Gasteiger partial charge is 0.393 e. The van der Waals surface area contributed by atoms with Gasteiger partial charge in [0, 0.05) is 38.1 Å². The number of amides is 1. The molecule has 0 unspecified atom stereocenters. The number of likely N-dealkylation sites (tertiary alicyclic amines) is 1. The molecule has 26 heavy (non-hydrogen) atoms. The molecule has 1 saturated carbocycles. The molecule has 1 amide bonds. The molecular weight excluding hydrogens is 330 g/mol. The fraction of sp³-hybridized carbons (Fsp3) is 0.684. The first-order valence-electron chi connectivity index (χ1n) is 9.58. The molecule has 1 aliphatic carbocycles. The summed E-state index contributed by atoms with van der Waals surface area (Å²) in [6.45, 7) is 2.31. The van der Waals surface area contributed by atoms with E-state index in [1.165, 1.54) is 6.20 Å². The minimum atomic E-state index is -0.248. The van der Waals surface area contributed by atoms with E-state index in [0.29, 0.717) is 23.5 Å². The van der Waals surface area contributed by atoms with E-state index in [-0.39, 0.29) is 11.5 Å². The molecule has 1 spiro atoms. The maximum atomic E-state index is 13.2. The maximum Gasteiger partial charge on any atom is 0.229 e. The van der Waals surface area contributed by atoms with Crippen LogP contribution in [0.3, 0.4) is 0 Å². The summed E-state index contributed by atoms with van der Waals surface area (Å²) in [7, 11) is 0. The van der Waals surface area contributed by atoms with Crippen molar-refractivity contribution in [1.29, 1.82) is 5.26 Å². The summed E-state index contributed by atoms with van der Waals surface area (Å²) < 4.78 is 0. The van der Waals surface area contributed by atoms with Crippen molar-refractivity contribution in [2.45, 2.75) is 57.1 Å². The SMILES string of the molecule is N#Cc1nccnc1N1CCC2(CC1)CCN([C@H]1CC[C@H](O)CC1)C2=O. The molecule has 2 aliphatic heterocycles. The lowest BCUT2D eigenvalue weighted by atomic mass is 9.77. The standard InChI is InChI=1S/C19H25N5O2/c20-13-16-17(22-9-8-21-16)23-10-5-19(6-11-23)7-12-24(18(19)26)14-1-3-15(25)4-2-14/h8-9,14-15,25H,1-7,10-12H2/t14-,15-. The zero-order valence-corrected chi connectivity index (χ0v) is 15.0. The Balaban J connectivity index is 1.42. The van der Waals surface area contributed by atoms with E-state index in [0.717, 1.165) is 64.6 Å². The first kappa shape index (κ1) is 17.2. The molecule has 7 nitrogen and oxygen atoms in total. The number of aliphatic hydroxyl groups excluding tert-OH is 1. The Labute approximate surface area is 153 Å². The van der Waals surface area contributed by atoms with E-state index in [9.17, 15) is 15.2 Å². The Morgan fingerprint density at radius 3 is 2.42 bits per heavy atom. The number of hydrogen-bond acceptors (Lipinski definition) is 6. The van der Waals surface area contributed by atoms with Crippen LogP contribution in [0, 0.1) is 16.7 Å². The molecule has 3 fully saturated rings. The summed E-state index contributed by atoms with van der Waals surface area (Å²) in [5, 5.41) is 19.0. The highest BCUT2D eigenvalue weighted by atomic mass is 16.3. The maximum absolute atomic E-state index is 13.2. The van der Waals surface area contributed by atoms with Crippen LogP contribution >= 0.6 is 0 Å². The predicted octanol–water partition coefficient (Wildman–Crippen LogP) is 1.47. The number of aliphatic hydroxyl groups is 1. The lowest BCUT2D eigenvalue weighted by Gasteiger charge is -2.40. The molecular formula is C19H25N5O2. The highest BCUT2D eigenvalue weighted by Crippen LogP contribution is 2.44. The molecule has 4 rings (SSSR count). The number of nitrogens with zero attached hydrogens (tertiary/aromatic N) is 5. The fourth-order valence-corrected chi connectivity index (χ4v) is 4.82. The van der Waals surface area contributed by atoms with Crippen LogP contribution in [0.25, 0.3) is 0 Å². The van der Waals surface area contributed by atoms with E-state index in [4.69, 9.17) is 0 Å². The molecule has 138 valence electrons. The van der Waals surface area contributed by atoms with E-state index < -0.39 is 0 Å². The number of hydrogen-bond donors (Lipinski definition) is 1. The second-order valence-electron chi connectivity index (χ2n) is 7.82. The van der Waals surface area contributed by atoms with Crippen LogP contribution in [-0.4, -0.2) is 57.7 Å². The lowest BCUT2D eigenvalue weighted by Crippen LogP contribution is -2.47. The normalized spacial score (nSPS) is 28.4. The van der Waals surface area contributed by atoms with Gasteiger partial charge < -0.3 is 14.9 Å². The van der Waals surface area contributed by atoms with Crippen molar-refractivity contribution in [3.63, 3.8) is 0 Å². The summed E-state index contributed by atoms with van der Waals surface area (Å²) in [5.74, 6) is 0.937. The minimum absolute atomic E-state index is 0.192. The Morgan fingerprint density at radius 1 is 1.08 bits per heavy atom. The first-order chi connectivity index (χ1) is 12.6. The zero-order valence-electron chi connectivity index (χ0n) is 15.0. The molecule has 0 atom stereocenters. The molecule has 0 radical (unpaired) electrons. The molecule has 0 aromatic carbocycles. The predicted molar refractivity (Wildman–Crippen MR) is 95.2 cm³/mol. The summed E-state index contributed by atoms with van der Waals surface area (Å²) >= 11 is 0. The molecule has 2 saturated heterocycles. The molecule has 0 bridgehead atoms. The van der Waals surface area contributed by atoms with E-state index in [2.05, 4.69) is 25.8 Å². The number of piperidine rings is 1. The van der Waals surface area contributed by atoms with Crippen molar-refractivity contribution in [2.75, 3.05) is 24.5 Å². The average Bonchev–Trinajstić information content (AvgIpc) is 2.99. The molecule has 1 aromatic rings. The second-order valence-corrected chi connectivity index (χ2v) is 7.82. The second kappa shape index (κ2) is 6.84. The summed E-state index contributed by atoms with van der Waals surface area (Å²) in [5.41, 5.74) is 0.102. The van der Waals surface area contributed by atoms with E-state index in [1.54, 1.807) is 6.20 Å². The van der Waals surface area contributed by atoms with Crippen molar-refractivity contribution >= 4 is 11.7 Å². The van der Waals surface area contributed by atoms with Crippen LogP contribution in [0.2, 0.25) is 0 Å². The van der Waals surface area contributed by atoms with Crippen LogP contribution in [-0.2, 0) is 4.79 Å². The van der Waals surface area contributed by atoms with Crippen LogP contribution in [0.1, 0.15) is 50.6 Å². The highest BCUT2D eigenvalue weighted by molar-refractivity contribution is 5.85. The third-order valence-electron chi connectivity index (χ3n) is 6.46. The van der Waals surface area contributed by atoms with E-state index >= 15 is 0 Å². The van der Waals surface area contributed by atoms with Gasteiger partial charge in [0.05, 0.1) is 11.5 Å². The highest BCUT2D eigenvalue weighted by Gasteiger charge is 2.50. The van der Waals surface area contributed by atoms with Gasteiger partial charge in [-0.15, -0.1) is 0 Å². The van der Waals surface area contributed by atoms with Crippen LogP contribution < -0.4 is 4.90 Å². The van der Waals surface area contributed by atoms with Gasteiger partial charge in [-0.25, -0.2) is 9.97 Å². The van der Waals surface area contributed by atoms with Gasteiger partial charge in [0.2, 0.25) is 5.91 Å². The monoisotopic (exact) mass is 355 g/mol. The fourth-order valence-electron chi connectivity index (χ4n) is 4.82. The van der Waals surface area contributed by atoms with Gasteiger partial charge in [-0.2, -0.15) is 5.26 Å². The van der Waals surface area contributed by atoms with Crippen LogP contribution in [0.4, 0.5) is 5.82 Å². The van der Waals surface area contributed by atoms with E-state index in [1.807, 2.05) is 0 Å². The van der Waals surface area contributed by atoms with Gasteiger partial charge in [-0.3, -0.25) is 4.79 Å². The Hall–Kier alpha value is -2.20. The minimum Gasteiger partial charge on any atom is -0.393 e. The van der Waals surface area contributed by atoms with Crippen molar-refractivity contribution < 1.29 is 9.90 Å². The lowest BCUT2D eigenvalue weighted by molar-refractivity contribution is -0.139. The molecule has 7 heteroatoms.